The van der Waals surface area contributed by atoms with E-state index in [4.69, 9.17) is 0 Å². The molecule has 0 fully saturated rings. The average molecular weight is 939 g/mol. The molecule has 0 saturated carbocycles. The minimum atomic E-state index is -0.354. The van der Waals surface area contributed by atoms with Crippen LogP contribution >= 0.6 is 93.8 Å². The summed E-state index contributed by atoms with van der Waals surface area (Å²) in [5.41, 5.74) is 0.898. The van der Waals surface area contributed by atoms with Crippen LogP contribution in [0, 0.1) is 0 Å². The predicted molar refractivity (Wildman–Crippen MR) is 192 cm³/mol. The summed E-state index contributed by atoms with van der Waals surface area (Å²) in [6.07, 6.45) is 4.14. The lowest BCUT2D eigenvalue weighted by molar-refractivity contribution is -0.138. The summed E-state index contributed by atoms with van der Waals surface area (Å²) < 4.78 is -0.307. The van der Waals surface area contributed by atoms with E-state index in [-0.39, 0.29) is 72.1 Å². The van der Waals surface area contributed by atoms with E-state index in [1.165, 1.54) is 32.9 Å². The minimum absolute atomic E-state index is 0.136. The molecule has 0 aromatic carbocycles. The van der Waals surface area contributed by atoms with Crippen LogP contribution in [0.4, 0.5) is 0 Å². The van der Waals surface area contributed by atoms with E-state index >= 15 is 0 Å². The van der Waals surface area contributed by atoms with Crippen LogP contribution in [-0.2, 0) is 28.8 Å². The number of rotatable bonds is 16. The van der Waals surface area contributed by atoms with Crippen LogP contribution in [0.15, 0.2) is 34.5 Å². The molecular weight excluding hydrogens is 912 g/mol. The molecule has 0 bridgehead atoms. The van der Waals surface area contributed by atoms with Gasteiger partial charge in [0, 0.05) is 86.8 Å². The Morgan fingerprint density at radius 1 is 0.750 bits per heavy atom. The first kappa shape index (κ1) is 34.7. The van der Waals surface area contributed by atoms with E-state index in [1.54, 1.807) is 0 Å². The summed E-state index contributed by atoms with van der Waals surface area (Å²) in [6, 6.07) is 0. The van der Waals surface area contributed by atoms with E-state index in [0.717, 1.165) is 4.86 Å². The third kappa shape index (κ3) is 8.89. The molecule has 3 aliphatic rings. The lowest BCUT2D eigenvalue weighted by atomic mass is 9.94. The Morgan fingerprint density at radius 2 is 1.23 bits per heavy atom. The summed E-state index contributed by atoms with van der Waals surface area (Å²) in [6.45, 7) is 2.69. The molecule has 0 radical (unpaired) electrons. The molecule has 212 valence electrons. The van der Waals surface area contributed by atoms with Gasteiger partial charge in [-0.05, 0) is 0 Å². The van der Waals surface area contributed by atoms with Gasteiger partial charge in [0.2, 0.25) is 16.7 Å². The smallest absolute Gasteiger partial charge is 0.278 e. The summed E-state index contributed by atoms with van der Waals surface area (Å²) in [7, 11) is 5.29. The van der Waals surface area contributed by atoms with E-state index in [2.05, 4.69) is 90.7 Å². The molecule has 0 aromatic heterocycles. The quantitative estimate of drug-likeness (QED) is 0.0741. The molecule has 3 rings (SSSR count). The van der Waals surface area contributed by atoms with Crippen molar-refractivity contribution < 1.29 is 28.8 Å². The second-order valence-electron chi connectivity index (χ2n) is 8.85. The van der Waals surface area contributed by atoms with Gasteiger partial charge >= 0.3 is 0 Å². The van der Waals surface area contributed by atoms with Crippen LogP contribution in [0.3, 0.4) is 0 Å². The fourth-order valence-corrected chi connectivity index (χ4v) is 7.42. The third-order valence-electron chi connectivity index (χ3n) is 6.33. The topological polar surface area (TPSA) is 127 Å². The van der Waals surface area contributed by atoms with Gasteiger partial charge in [-0.15, -0.1) is 75.6 Å². The van der Waals surface area contributed by atoms with Gasteiger partial charge in [0.05, 0.1) is 0 Å². The molecule has 0 aliphatic carbocycles. The number of carbonyl (C=O) groups is 6. The predicted octanol–water partition coefficient (Wildman–Crippen LogP) is -0.224. The highest BCUT2D eigenvalue weighted by atomic mass is 127. The second kappa shape index (κ2) is 16.3. The zero-order valence-electron chi connectivity index (χ0n) is 21.3. The number of nitrogens with one attached hydrogen (secondary N) is 1. The summed E-state index contributed by atoms with van der Waals surface area (Å²) in [5.74, 6) is -1.87. The molecule has 6 amide bonds. The number of hydrogen-bond donors (Lipinski definition) is 1. The van der Waals surface area contributed by atoms with Crippen LogP contribution in [-0.4, -0.2) is 121 Å². The number of imide groups is 3. The number of amides is 6. The third-order valence-corrected chi connectivity index (χ3v) is 10.4. The fraction of sp³-hybridized carbons (Fsp3) is 0.400. The first-order valence-electron chi connectivity index (χ1n) is 12.2. The van der Waals surface area contributed by atoms with Crippen molar-refractivity contribution >= 4 is 143 Å². The van der Waals surface area contributed by atoms with Crippen molar-refractivity contribution in [3.05, 3.63) is 34.5 Å². The van der Waals surface area contributed by atoms with Crippen molar-refractivity contribution in [1.29, 1.82) is 0 Å². The zero-order chi connectivity index (χ0) is 29.6. The van der Waals surface area contributed by atoms with Crippen LogP contribution in [0.1, 0.15) is 0 Å². The highest BCUT2D eigenvalue weighted by molar-refractivity contribution is 14.1. The number of nitrogens with zero attached hydrogens (tertiary/aromatic N) is 4. The maximum absolute atomic E-state index is 12.7. The van der Waals surface area contributed by atoms with E-state index in [1.807, 2.05) is 4.90 Å². The fourth-order valence-electron chi connectivity index (χ4n) is 4.17. The standard InChI is InChI=1S/C20H26B3I3N5O6P3/c24-21-40-14-11-17(34)31(20(14)37)8-6-28(5-7-30-16(33)10-13(19(30)36)23(26)39)3-1-27-2-4-29-15(32)9-12(18(29)35)22(25)38/h9-11,21,27,40H,1-8,38-39H2. The van der Waals surface area contributed by atoms with Gasteiger partial charge in [-0.25, -0.2) is 0 Å². The van der Waals surface area contributed by atoms with Gasteiger partial charge in [0.1, 0.15) is 0 Å². The van der Waals surface area contributed by atoms with Crippen molar-refractivity contribution in [2.75, 3.05) is 52.4 Å². The molecule has 1 N–H and O–H groups in total. The Labute approximate surface area is 280 Å². The van der Waals surface area contributed by atoms with Crippen molar-refractivity contribution in [2.24, 2.45) is 0 Å². The number of hydrogen-bond acceptors (Lipinski definition) is 8. The van der Waals surface area contributed by atoms with Crippen molar-refractivity contribution in [1.82, 2.24) is 24.9 Å². The Kier molecular flexibility index (Phi) is 14.2. The largest absolute Gasteiger partial charge is 0.314 e. The molecule has 3 unspecified atom stereocenters. The molecule has 3 atom stereocenters. The molecule has 0 spiro atoms. The van der Waals surface area contributed by atoms with Crippen LogP contribution in [0.2, 0.25) is 0 Å². The molecule has 3 heterocycles. The Balaban J connectivity index is 1.54. The first-order chi connectivity index (χ1) is 19.0. The maximum atomic E-state index is 12.7. The van der Waals surface area contributed by atoms with E-state index in [9.17, 15) is 28.8 Å². The Morgan fingerprint density at radius 3 is 1.70 bits per heavy atom. The molecule has 20 heteroatoms. The van der Waals surface area contributed by atoms with Gasteiger partial charge in [-0.2, -0.15) is 18.2 Å². The van der Waals surface area contributed by atoms with Crippen molar-refractivity contribution in [2.45, 2.75) is 0 Å². The molecular formula is C20H26B3I3N5O6P3. The monoisotopic (exact) mass is 939 g/mol. The highest BCUT2D eigenvalue weighted by Crippen LogP contribution is 2.30. The lowest BCUT2D eigenvalue weighted by Gasteiger charge is -2.27. The molecule has 40 heavy (non-hydrogen) atoms. The van der Waals surface area contributed by atoms with Crippen LogP contribution in [0.5, 0.6) is 0 Å². The molecule has 0 aromatic rings. The van der Waals surface area contributed by atoms with Crippen molar-refractivity contribution in [3.8, 4) is 0 Å². The first-order valence-corrected chi connectivity index (χ1v) is 18.8. The van der Waals surface area contributed by atoms with Crippen molar-refractivity contribution in [3.63, 3.8) is 0 Å². The maximum Gasteiger partial charge on any atom is 0.278 e. The van der Waals surface area contributed by atoms with E-state index < -0.39 is 0 Å². The zero-order valence-corrected chi connectivity index (χ0v) is 31.1. The van der Waals surface area contributed by atoms with Gasteiger partial charge in [0.25, 0.3) is 32.2 Å². The Hall–Kier alpha value is 0.235. The van der Waals surface area contributed by atoms with Gasteiger partial charge in [-0.3, -0.25) is 48.4 Å². The number of carbonyl (C=O) groups excluding carboxylic acids is 6. The highest BCUT2D eigenvalue weighted by Gasteiger charge is 2.35. The van der Waals surface area contributed by atoms with Gasteiger partial charge < -0.3 is 5.32 Å². The summed E-state index contributed by atoms with van der Waals surface area (Å²) in [4.78, 5) is 81.2. The SMILES string of the molecule is O=C1C=C(PBI)C(=O)N1CCN(CCNCCN1C(=O)C=C(B(P)I)C1=O)CCN1C(=O)C=C(B(P)I)C1=O. The number of halogens is 3. The molecule has 3 aliphatic heterocycles. The van der Waals surface area contributed by atoms with Gasteiger partial charge in [0.15, 0.2) is 0 Å². The normalized spacial score (nSPS) is 17.8. The van der Waals surface area contributed by atoms with E-state index in [0.29, 0.717) is 49.0 Å². The molecule has 11 nitrogen and oxygen atoms in total. The Bertz CT molecular complexity index is 1190. The van der Waals surface area contributed by atoms with Gasteiger partial charge in [-0.1, -0.05) is 0 Å². The average Bonchev–Trinajstić information content (AvgIpc) is 3.45. The summed E-state index contributed by atoms with van der Waals surface area (Å²) >= 11 is 6.31. The van der Waals surface area contributed by atoms with Crippen LogP contribution in [0.25, 0.3) is 0 Å². The molecule has 0 saturated heterocycles. The van der Waals surface area contributed by atoms with Crippen LogP contribution < -0.4 is 5.32 Å². The second-order valence-corrected chi connectivity index (χ2v) is 19.0. The lowest BCUT2D eigenvalue weighted by Crippen LogP contribution is -2.45. The summed E-state index contributed by atoms with van der Waals surface area (Å²) in [5, 5.41) is 3.76. The minimum Gasteiger partial charge on any atom is -0.314 e.